The molecule has 0 spiro atoms. The van der Waals surface area contributed by atoms with E-state index in [1.165, 1.54) is 36.1 Å². The molecule has 0 aliphatic heterocycles. The number of aryl methyl sites for hydroxylation is 2. The van der Waals surface area contributed by atoms with E-state index in [1.54, 1.807) is 12.1 Å². The van der Waals surface area contributed by atoms with Crippen LogP contribution in [0.2, 0.25) is 0 Å². The molecule has 3 rings (SSSR count). The van der Waals surface area contributed by atoms with E-state index in [2.05, 4.69) is 6.07 Å². The maximum atomic E-state index is 11.7. The van der Waals surface area contributed by atoms with Gasteiger partial charge < -0.3 is 9.47 Å². The number of ether oxygens (including phenoxy) is 2. The SMILES string of the molecule is CC.CC(C)(C)OC(=O)COc1cccc2c1CCCC2.Cc1ccc(S(N)(=O)=O)cc1. The summed E-state index contributed by atoms with van der Waals surface area (Å²) in [6.45, 7) is 11.4. The molecule has 0 amide bonds. The topological polar surface area (TPSA) is 95.7 Å². The molecule has 2 aromatic carbocycles. The van der Waals surface area contributed by atoms with Crippen molar-refractivity contribution in [1.29, 1.82) is 0 Å². The highest BCUT2D eigenvalue weighted by atomic mass is 32.2. The fraction of sp³-hybridized carbons (Fsp3) is 0.480. The van der Waals surface area contributed by atoms with Gasteiger partial charge in [0.1, 0.15) is 11.4 Å². The van der Waals surface area contributed by atoms with Gasteiger partial charge >= 0.3 is 5.97 Å². The van der Waals surface area contributed by atoms with E-state index in [9.17, 15) is 13.2 Å². The highest BCUT2D eigenvalue weighted by Crippen LogP contribution is 2.29. The van der Waals surface area contributed by atoms with Crippen molar-refractivity contribution < 1.29 is 22.7 Å². The van der Waals surface area contributed by atoms with Gasteiger partial charge in [0, 0.05) is 0 Å². The second kappa shape index (κ2) is 12.6. The van der Waals surface area contributed by atoms with Crippen LogP contribution < -0.4 is 9.88 Å². The number of carbonyl (C=O) groups is 1. The van der Waals surface area contributed by atoms with Crippen LogP contribution in [0.4, 0.5) is 0 Å². The van der Waals surface area contributed by atoms with Crippen molar-refractivity contribution in [3.05, 3.63) is 59.2 Å². The van der Waals surface area contributed by atoms with Gasteiger partial charge in [-0.05, 0) is 82.7 Å². The third-order valence-corrected chi connectivity index (χ3v) is 5.40. The Bertz CT molecular complexity index is 961. The molecule has 7 heteroatoms. The maximum Gasteiger partial charge on any atom is 0.344 e. The van der Waals surface area contributed by atoms with E-state index in [0.29, 0.717) is 0 Å². The first kappa shape index (κ1) is 27.7. The van der Waals surface area contributed by atoms with E-state index in [0.717, 1.165) is 24.2 Å². The Morgan fingerprint density at radius 1 is 1.00 bits per heavy atom. The van der Waals surface area contributed by atoms with Gasteiger partial charge in [-0.2, -0.15) is 0 Å². The number of fused-ring (bicyclic) bond motifs is 1. The minimum atomic E-state index is -3.52. The van der Waals surface area contributed by atoms with Crippen LogP contribution in [0.25, 0.3) is 0 Å². The number of primary sulfonamides is 1. The van der Waals surface area contributed by atoms with Crippen LogP contribution in [0.1, 0.15) is 64.2 Å². The van der Waals surface area contributed by atoms with Crippen LogP contribution in [-0.4, -0.2) is 26.6 Å². The number of sulfonamides is 1. The Labute approximate surface area is 193 Å². The van der Waals surface area contributed by atoms with Crippen LogP contribution in [0, 0.1) is 6.92 Å². The molecular weight excluding hydrogens is 426 g/mol. The van der Waals surface area contributed by atoms with E-state index in [-0.39, 0.29) is 17.5 Å². The Morgan fingerprint density at radius 2 is 1.59 bits per heavy atom. The summed E-state index contributed by atoms with van der Waals surface area (Å²) in [5.74, 6) is 0.518. The largest absolute Gasteiger partial charge is 0.482 e. The van der Waals surface area contributed by atoms with Gasteiger partial charge in [-0.1, -0.05) is 43.7 Å². The second-order valence-corrected chi connectivity index (χ2v) is 9.90. The van der Waals surface area contributed by atoms with Crippen molar-refractivity contribution in [3.8, 4) is 5.75 Å². The average Bonchev–Trinajstić information content (AvgIpc) is 2.72. The molecule has 1 aliphatic rings. The summed E-state index contributed by atoms with van der Waals surface area (Å²) in [7, 11) is -3.52. The lowest BCUT2D eigenvalue weighted by Crippen LogP contribution is -2.27. The third-order valence-electron chi connectivity index (χ3n) is 4.47. The maximum absolute atomic E-state index is 11.7. The molecule has 6 nitrogen and oxygen atoms in total. The lowest BCUT2D eigenvalue weighted by atomic mass is 9.91. The van der Waals surface area contributed by atoms with Gasteiger partial charge in [-0.25, -0.2) is 18.4 Å². The minimum Gasteiger partial charge on any atom is -0.482 e. The first-order valence-electron chi connectivity index (χ1n) is 11.0. The van der Waals surface area contributed by atoms with Crippen molar-refractivity contribution in [2.24, 2.45) is 5.14 Å². The van der Waals surface area contributed by atoms with Gasteiger partial charge in [0.2, 0.25) is 10.0 Å². The molecule has 0 aromatic heterocycles. The van der Waals surface area contributed by atoms with Crippen molar-refractivity contribution in [1.82, 2.24) is 0 Å². The highest BCUT2D eigenvalue weighted by molar-refractivity contribution is 7.89. The predicted octanol–water partition coefficient (Wildman–Crippen LogP) is 4.95. The van der Waals surface area contributed by atoms with Crippen LogP contribution in [0.3, 0.4) is 0 Å². The van der Waals surface area contributed by atoms with Crippen LogP contribution in [0.5, 0.6) is 5.75 Å². The molecule has 178 valence electrons. The van der Waals surface area contributed by atoms with Crippen molar-refractivity contribution >= 4 is 16.0 Å². The van der Waals surface area contributed by atoms with Crippen LogP contribution in [0.15, 0.2) is 47.4 Å². The van der Waals surface area contributed by atoms with Gasteiger partial charge in [-0.15, -0.1) is 0 Å². The molecule has 0 bridgehead atoms. The average molecular weight is 464 g/mol. The normalized spacial score (nSPS) is 12.8. The summed E-state index contributed by atoms with van der Waals surface area (Å²) < 4.78 is 32.3. The molecule has 1 aliphatic carbocycles. The number of rotatable bonds is 4. The summed E-state index contributed by atoms with van der Waals surface area (Å²) in [6.07, 6.45) is 4.58. The molecular formula is C25H37NO5S. The van der Waals surface area contributed by atoms with Crippen molar-refractivity contribution in [3.63, 3.8) is 0 Å². The second-order valence-electron chi connectivity index (χ2n) is 8.33. The van der Waals surface area contributed by atoms with E-state index in [4.69, 9.17) is 14.6 Å². The van der Waals surface area contributed by atoms with Crippen molar-refractivity contribution in [2.45, 2.75) is 77.7 Å². The molecule has 0 unspecified atom stereocenters. The zero-order chi connectivity index (χ0) is 24.4. The van der Waals surface area contributed by atoms with Gasteiger partial charge in [-0.3, -0.25) is 0 Å². The van der Waals surface area contributed by atoms with Gasteiger partial charge in [0.15, 0.2) is 6.61 Å². The van der Waals surface area contributed by atoms with E-state index < -0.39 is 15.6 Å². The van der Waals surface area contributed by atoms with Crippen LogP contribution >= 0.6 is 0 Å². The lowest BCUT2D eigenvalue weighted by molar-refractivity contribution is -0.157. The molecule has 0 saturated carbocycles. The fourth-order valence-corrected chi connectivity index (χ4v) is 3.63. The molecule has 0 atom stereocenters. The minimum absolute atomic E-state index is 0.0201. The molecule has 0 fully saturated rings. The number of carbonyl (C=O) groups excluding carboxylic acids is 1. The fourth-order valence-electron chi connectivity index (χ4n) is 3.12. The van der Waals surface area contributed by atoms with Gasteiger partial charge in [0.05, 0.1) is 4.90 Å². The zero-order valence-electron chi connectivity index (χ0n) is 20.1. The number of benzene rings is 2. The Balaban J connectivity index is 0.000000335. The third kappa shape index (κ3) is 9.83. The monoisotopic (exact) mass is 463 g/mol. The highest BCUT2D eigenvalue weighted by Gasteiger charge is 2.18. The summed E-state index contributed by atoms with van der Waals surface area (Å²) in [4.78, 5) is 11.8. The van der Waals surface area contributed by atoms with Crippen LogP contribution in [-0.2, 0) is 32.4 Å². The van der Waals surface area contributed by atoms with Gasteiger partial charge in [0.25, 0.3) is 0 Å². The number of hydrogen-bond acceptors (Lipinski definition) is 5. The predicted molar refractivity (Wildman–Crippen MR) is 128 cm³/mol. The Kier molecular flexibility index (Phi) is 10.9. The smallest absolute Gasteiger partial charge is 0.344 e. The Morgan fingerprint density at radius 3 is 2.16 bits per heavy atom. The zero-order valence-corrected chi connectivity index (χ0v) is 20.9. The number of nitrogens with two attached hydrogens (primary N) is 1. The molecule has 32 heavy (non-hydrogen) atoms. The summed E-state index contributed by atoms with van der Waals surface area (Å²) in [5.41, 5.74) is 3.17. The first-order chi connectivity index (χ1) is 15.0. The summed E-state index contributed by atoms with van der Waals surface area (Å²) in [5, 5.41) is 4.88. The molecule has 2 aromatic rings. The summed E-state index contributed by atoms with van der Waals surface area (Å²) in [6, 6.07) is 12.5. The van der Waals surface area contributed by atoms with E-state index >= 15 is 0 Å². The number of hydrogen-bond donors (Lipinski definition) is 1. The molecule has 0 heterocycles. The summed E-state index contributed by atoms with van der Waals surface area (Å²) >= 11 is 0. The van der Waals surface area contributed by atoms with E-state index in [1.807, 2.05) is 53.7 Å². The number of esters is 1. The quantitative estimate of drug-likeness (QED) is 0.647. The molecule has 0 saturated heterocycles. The van der Waals surface area contributed by atoms with Crippen molar-refractivity contribution in [2.75, 3.05) is 6.61 Å². The molecule has 0 radical (unpaired) electrons. The first-order valence-corrected chi connectivity index (χ1v) is 12.6. The molecule has 2 N–H and O–H groups in total. The standard InChI is InChI=1S/C16H22O3.C7H9NO2S.C2H6/c1-16(2,3)19-15(17)11-18-14-10-6-8-12-7-4-5-9-13(12)14;1-6-2-4-7(5-3-6)11(8,9)10;1-2/h6,8,10H,4-5,7,9,11H2,1-3H3;2-5H,1H3,(H2,8,9,10);1-2H3. The lowest BCUT2D eigenvalue weighted by Gasteiger charge is -2.21. The Hall–Kier alpha value is -2.38.